The molecule has 2 nitrogen and oxygen atoms in total. The molecule has 1 aliphatic heterocycles. The lowest BCUT2D eigenvalue weighted by Crippen LogP contribution is -2.64. The Hall–Kier alpha value is -0.0500. The fourth-order valence-electron chi connectivity index (χ4n) is 3.33. The average molecular weight is 255 g/mol. The third-order valence-electron chi connectivity index (χ3n) is 4.92. The third-order valence-corrected chi connectivity index (χ3v) is 5.10. The van der Waals surface area contributed by atoms with E-state index in [1.54, 1.807) is 5.54 Å². The summed E-state index contributed by atoms with van der Waals surface area (Å²) in [5.41, 5.74) is 2.03. The summed E-state index contributed by atoms with van der Waals surface area (Å²) in [6, 6.07) is 0.727. The molecule has 0 spiro atoms. The number of nitrogens with one attached hydrogen (secondary N) is 1. The maximum absolute atomic E-state index is 5.70. The van der Waals surface area contributed by atoms with E-state index in [1.807, 2.05) is 0 Å². The molecule has 3 aliphatic rings. The van der Waals surface area contributed by atoms with Crippen molar-refractivity contribution >= 4 is 11.6 Å². The van der Waals surface area contributed by atoms with Gasteiger partial charge in [-0.25, -0.2) is 0 Å². The Labute approximate surface area is 109 Å². The molecular formula is C14H23ClN2. The van der Waals surface area contributed by atoms with E-state index in [1.165, 1.54) is 32.2 Å². The van der Waals surface area contributed by atoms with Crippen LogP contribution in [-0.2, 0) is 0 Å². The molecule has 2 unspecified atom stereocenters. The first-order valence-electron chi connectivity index (χ1n) is 6.97. The van der Waals surface area contributed by atoms with Crippen molar-refractivity contribution < 1.29 is 0 Å². The highest BCUT2D eigenvalue weighted by molar-refractivity contribution is 6.25. The quantitative estimate of drug-likeness (QED) is 0.830. The smallest absolute Gasteiger partial charge is 0.0337 e. The van der Waals surface area contributed by atoms with E-state index in [0.29, 0.717) is 5.54 Å². The zero-order valence-corrected chi connectivity index (χ0v) is 11.4. The van der Waals surface area contributed by atoms with E-state index in [-0.39, 0.29) is 0 Å². The number of hydrogen-bond donors (Lipinski definition) is 1. The predicted octanol–water partition coefficient (Wildman–Crippen LogP) is 2.59. The molecule has 0 aromatic heterocycles. The zero-order chi connectivity index (χ0) is 11.9. The van der Waals surface area contributed by atoms with Crippen LogP contribution in [0.2, 0.25) is 0 Å². The van der Waals surface area contributed by atoms with Gasteiger partial charge in [-0.1, -0.05) is 17.7 Å². The lowest BCUT2D eigenvalue weighted by Gasteiger charge is -2.48. The first-order valence-corrected chi connectivity index (χ1v) is 7.41. The minimum atomic E-state index is 0.363. The summed E-state index contributed by atoms with van der Waals surface area (Å²) in [4.78, 5) is 2.67. The van der Waals surface area contributed by atoms with Gasteiger partial charge in [0.15, 0.2) is 0 Å². The maximum Gasteiger partial charge on any atom is 0.0337 e. The van der Waals surface area contributed by atoms with Crippen LogP contribution in [0.4, 0.5) is 0 Å². The highest BCUT2D eigenvalue weighted by atomic mass is 35.5. The van der Waals surface area contributed by atoms with Gasteiger partial charge in [0, 0.05) is 36.8 Å². The lowest BCUT2D eigenvalue weighted by molar-refractivity contribution is 0.0411. The van der Waals surface area contributed by atoms with Crippen LogP contribution in [-0.4, -0.2) is 36.1 Å². The van der Waals surface area contributed by atoms with Gasteiger partial charge in [-0.05, 0) is 44.4 Å². The Morgan fingerprint density at radius 1 is 1.35 bits per heavy atom. The van der Waals surface area contributed by atoms with Crippen LogP contribution < -0.4 is 5.32 Å². The summed E-state index contributed by atoms with van der Waals surface area (Å²) < 4.78 is 0. The van der Waals surface area contributed by atoms with Crippen molar-refractivity contribution in [3.63, 3.8) is 0 Å². The largest absolute Gasteiger partial charge is 0.311 e. The standard InChI is InChI=1S/C14H23ClN2/c1-14(12-5-6-12)10-16-13(11-3-4-11)9-17(14)8-2-7-15/h2,7,11-13,16H,3-6,8-10H2,1H3/b7-2+. The average Bonchev–Trinajstić information content (AvgIpc) is 3.20. The van der Waals surface area contributed by atoms with Gasteiger partial charge in [0.1, 0.15) is 0 Å². The molecule has 17 heavy (non-hydrogen) atoms. The van der Waals surface area contributed by atoms with Gasteiger partial charge in [0.25, 0.3) is 0 Å². The molecule has 2 atom stereocenters. The fraction of sp³-hybridized carbons (Fsp3) is 0.857. The molecule has 2 saturated carbocycles. The first kappa shape index (κ1) is 12.0. The van der Waals surface area contributed by atoms with Crippen molar-refractivity contribution in [3.05, 3.63) is 11.6 Å². The van der Waals surface area contributed by atoms with E-state index < -0.39 is 0 Å². The SMILES string of the molecule is CC1(C2CC2)CNC(C2CC2)CN1C/C=C/Cl. The van der Waals surface area contributed by atoms with Gasteiger partial charge >= 0.3 is 0 Å². The predicted molar refractivity (Wildman–Crippen MR) is 72.2 cm³/mol. The second-order valence-electron chi connectivity index (χ2n) is 6.22. The molecule has 0 aromatic carbocycles. The Morgan fingerprint density at radius 2 is 2.12 bits per heavy atom. The van der Waals surface area contributed by atoms with Crippen molar-refractivity contribution in [2.24, 2.45) is 11.8 Å². The third kappa shape index (κ3) is 2.40. The molecule has 0 bridgehead atoms. The first-order chi connectivity index (χ1) is 8.24. The molecule has 1 N–H and O–H groups in total. The van der Waals surface area contributed by atoms with E-state index in [9.17, 15) is 0 Å². The minimum absolute atomic E-state index is 0.363. The van der Waals surface area contributed by atoms with Crippen molar-refractivity contribution in [1.82, 2.24) is 10.2 Å². The van der Waals surface area contributed by atoms with Crippen LogP contribution in [0.25, 0.3) is 0 Å². The highest BCUT2D eigenvalue weighted by Crippen LogP contribution is 2.45. The van der Waals surface area contributed by atoms with Gasteiger partial charge in [0.2, 0.25) is 0 Å². The summed E-state index contributed by atoms with van der Waals surface area (Å²) in [5.74, 6) is 1.85. The van der Waals surface area contributed by atoms with E-state index in [0.717, 1.165) is 31.0 Å². The molecule has 0 radical (unpaired) electrons. The van der Waals surface area contributed by atoms with Crippen LogP contribution >= 0.6 is 11.6 Å². The molecule has 3 rings (SSSR count). The maximum atomic E-state index is 5.70. The van der Waals surface area contributed by atoms with E-state index >= 15 is 0 Å². The Kier molecular flexibility index (Phi) is 3.22. The van der Waals surface area contributed by atoms with E-state index in [4.69, 9.17) is 11.6 Å². The number of piperazine rings is 1. The van der Waals surface area contributed by atoms with Gasteiger partial charge in [-0.15, -0.1) is 0 Å². The Balaban J connectivity index is 1.69. The highest BCUT2D eigenvalue weighted by Gasteiger charge is 2.49. The van der Waals surface area contributed by atoms with Crippen molar-refractivity contribution in [1.29, 1.82) is 0 Å². The molecule has 1 heterocycles. The van der Waals surface area contributed by atoms with Gasteiger partial charge in [-0.2, -0.15) is 0 Å². The number of nitrogens with zero attached hydrogens (tertiary/aromatic N) is 1. The second-order valence-corrected chi connectivity index (χ2v) is 6.47. The van der Waals surface area contributed by atoms with Crippen LogP contribution in [0.15, 0.2) is 11.6 Å². The fourth-order valence-corrected chi connectivity index (χ4v) is 3.41. The topological polar surface area (TPSA) is 15.3 Å². The van der Waals surface area contributed by atoms with Gasteiger partial charge < -0.3 is 5.32 Å². The van der Waals surface area contributed by atoms with Crippen molar-refractivity contribution in [2.75, 3.05) is 19.6 Å². The number of rotatable bonds is 4. The lowest BCUT2D eigenvalue weighted by atomic mass is 9.88. The van der Waals surface area contributed by atoms with Gasteiger partial charge in [0.05, 0.1) is 0 Å². The normalized spacial score (nSPS) is 40.0. The zero-order valence-electron chi connectivity index (χ0n) is 10.7. The molecule has 0 amide bonds. The summed E-state index contributed by atoms with van der Waals surface area (Å²) in [5, 5.41) is 3.80. The second kappa shape index (κ2) is 4.56. The number of halogens is 1. The summed E-state index contributed by atoms with van der Waals surface area (Å²) in [6.45, 7) is 5.82. The summed E-state index contributed by atoms with van der Waals surface area (Å²) in [6.07, 6.45) is 7.77. The summed E-state index contributed by atoms with van der Waals surface area (Å²) >= 11 is 5.70. The van der Waals surface area contributed by atoms with Crippen LogP contribution in [0, 0.1) is 11.8 Å². The molecule has 96 valence electrons. The molecular weight excluding hydrogens is 232 g/mol. The molecule has 0 aromatic rings. The van der Waals surface area contributed by atoms with Crippen LogP contribution in [0.3, 0.4) is 0 Å². The minimum Gasteiger partial charge on any atom is -0.311 e. The van der Waals surface area contributed by atoms with Crippen molar-refractivity contribution in [3.8, 4) is 0 Å². The molecule has 2 aliphatic carbocycles. The summed E-state index contributed by atoms with van der Waals surface area (Å²) in [7, 11) is 0. The Morgan fingerprint density at radius 3 is 2.71 bits per heavy atom. The van der Waals surface area contributed by atoms with Crippen molar-refractivity contribution in [2.45, 2.75) is 44.2 Å². The Bertz CT molecular complexity index is 309. The molecule has 3 heteroatoms. The number of hydrogen-bond acceptors (Lipinski definition) is 2. The van der Waals surface area contributed by atoms with Crippen LogP contribution in [0.1, 0.15) is 32.6 Å². The molecule has 3 fully saturated rings. The monoisotopic (exact) mass is 254 g/mol. The van der Waals surface area contributed by atoms with Crippen LogP contribution in [0.5, 0.6) is 0 Å². The molecule has 1 saturated heterocycles. The van der Waals surface area contributed by atoms with E-state index in [2.05, 4.69) is 23.2 Å². The van der Waals surface area contributed by atoms with Gasteiger partial charge in [-0.3, -0.25) is 4.90 Å².